The molecule has 0 aromatic carbocycles. The molecule has 1 atom stereocenters. The van der Waals surface area contributed by atoms with Crippen molar-refractivity contribution in [2.75, 3.05) is 5.43 Å². The van der Waals surface area contributed by atoms with E-state index in [9.17, 15) is 28.0 Å². The molecule has 0 bridgehead atoms. The molecule has 11 heteroatoms. The fourth-order valence-electron chi connectivity index (χ4n) is 2.66. The predicted octanol–water partition coefficient (Wildman–Crippen LogP) is 1.34. The normalized spacial score (nSPS) is 16.5. The summed E-state index contributed by atoms with van der Waals surface area (Å²) in [6, 6.07) is -0.445. The van der Waals surface area contributed by atoms with Crippen LogP contribution in [0, 0.1) is 5.92 Å². The van der Waals surface area contributed by atoms with Gasteiger partial charge in [0.15, 0.2) is 0 Å². The maximum absolute atomic E-state index is 12.6. The van der Waals surface area contributed by atoms with E-state index in [0.717, 1.165) is 19.0 Å². The Labute approximate surface area is 135 Å². The number of carbonyl (C=O) groups excluding carboxylic acids is 2. The number of rotatable bonds is 6. The van der Waals surface area contributed by atoms with E-state index in [1.54, 1.807) is 0 Å². The van der Waals surface area contributed by atoms with Crippen molar-refractivity contribution in [3.8, 4) is 0 Å². The van der Waals surface area contributed by atoms with Gasteiger partial charge in [-0.05, 0) is 24.8 Å². The van der Waals surface area contributed by atoms with E-state index >= 15 is 0 Å². The molecule has 2 rings (SSSR count). The Hall–Kier alpha value is -2.43. The van der Waals surface area contributed by atoms with Crippen LogP contribution >= 0.6 is 0 Å². The lowest BCUT2D eigenvalue weighted by molar-refractivity contribution is -0.172. The van der Waals surface area contributed by atoms with E-state index in [1.165, 1.54) is 0 Å². The van der Waals surface area contributed by atoms with Crippen molar-refractivity contribution in [3.63, 3.8) is 0 Å². The van der Waals surface area contributed by atoms with E-state index in [1.807, 2.05) is 0 Å². The molecule has 8 nitrogen and oxygen atoms in total. The van der Waals surface area contributed by atoms with Gasteiger partial charge in [0.25, 0.3) is 5.91 Å². The van der Waals surface area contributed by atoms with Crippen LogP contribution < -0.4 is 10.9 Å². The second-order valence-electron chi connectivity index (χ2n) is 5.35. The van der Waals surface area contributed by atoms with E-state index < -0.39 is 29.8 Å². The second-order valence-corrected chi connectivity index (χ2v) is 5.35. The summed E-state index contributed by atoms with van der Waals surface area (Å²) in [5.74, 6) is -1.46. The molecule has 1 aliphatic carbocycles. The summed E-state index contributed by atoms with van der Waals surface area (Å²) in [7, 11) is 0. The summed E-state index contributed by atoms with van der Waals surface area (Å²) >= 11 is 0. The molecular weight excluding hydrogens is 331 g/mol. The number of carbonyl (C=O) groups is 2. The van der Waals surface area contributed by atoms with Crippen molar-refractivity contribution < 1.29 is 28.0 Å². The van der Waals surface area contributed by atoms with E-state index in [4.69, 9.17) is 0 Å². The SMILES string of the molecule is O=CN(O)C(C(=O)NNc1nccc(C(F)(F)F)n1)C1CCCC1. The van der Waals surface area contributed by atoms with Gasteiger partial charge in [0, 0.05) is 6.20 Å². The highest BCUT2D eigenvalue weighted by Gasteiger charge is 2.35. The van der Waals surface area contributed by atoms with Crippen molar-refractivity contribution in [2.24, 2.45) is 5.92 Å². The number of alkyl halides is 3. The summed E-state index contributed by atoms with van der Waals surface area (Å²) < 4.78 is 37.7. The average molecular weight is 347 g/mol. The number of hydrogen-bond donors (Lipinski definition) is 3. The number of nitrogens with zero attached hydrogens (tertiary/aromatic N) is 3. The fourth-order valence-corrected chi connectivity index (χ4v) is 2.66. The molecule has 1 aromatic rings. The molecule has 24 heavy (non-hydrogen) atoms. The molecule has 1 unspecified atom stereocenters. The fraction of sp³-hybridized carbons (Fsp3) is 0.538. The molecule has 1 fully saturated rings. The van der Waals surface area contributed by atoms with E-state index in [-0.39, 0.29) is 17.4 Å². The van der Waals surface area contributed by atoms with Crippen molar-refractivity contribution >= 4 is 18.3 Å². The first kappa shape index (κ1) is 17.9. The number of amides is 2. The minimum atomic E-state index is -4.64. The Balaban J connectivity index is 2.03. The van der Waals surface area contributed by atoms with Crippen LogP contribution in [0.2, 0.25) is 0 Å². The molecule has 3 N–H and O–H groups in total. The zero-order valence-electron chi connectivity index (χ0n) is 12.5. The van der Waals surface area contributed by atoms with Crippen molar-refractivity contribution in [1.29, 1.82) is 0 Å². The lowest BCUT2D eigenvalue weighted by Crippen LogP contribution is -2.50. The number of hydrazine groups is 1. The lowest BCUT2D eigenvalue weighted by atomic mass is 9.97. The quantitative estimate of drug-likeness (QED) is 0.407. The van der Waals surface area contributed by atoms with Crippen molar-refractivity contribution in [1.82, 2.24) is 20.5 Å². The smallest absolute Gasteiger partial charge is 0.285 e. The molecule has 2 amide bonds. The molecule has 132 valence electrons. The van der Waals surface area contributed by atoms with Gasteiger partial charge in [0.05, 0.1) is 0 Å². The predicted molar refractivity (Wildman–Crippen MR) is 74.2 cm³/mol. The van der Waals surface area contributed by atoms with Crippen LogP contribution in [0.1, 0.15) is 31.4 Å². The first-order valence-electron chi connectivity index (χ1n) is 7.21. The number of nitrogens with one attached hydrogen (secondary N) is 2. The Morgan fingerprint density at radius 2 is 2.08 bits per heavy atom. The summed E-state index contributed by atoms with van der Waals surface area (Å²) in [6.45, 7) is 0. The highest BCUT2D eigenvalue weighted by molar-refractivity contribution is 5.84. The third-order valence-corrected chi connectivity index (χ3v) is 3.75. The summed E-state index contributed by atoms with van der Waals surface area (Å²) in [5.41, 5.74) is 3.12. The topological polar surface area (TPSA) is 107 Å². The third-order valence-electron chi connectivity index (χ3n) is 3.75. The largest absolute Gasteiger partial charge is 0.433 e. The van der Waals surface area contributed by atoms with Gasteiger partial charge in [-0.2, -0.15) is 13.2 Å². The first-order valence-corrected chi connectivity index (χ1v) is 7.21. The lowest BCUT2D eigenvalue weighted by Gasteiger charge is -2.26. The van der Waals surface area contributed by atoms with E-state index in [2.05, 4.69) is 20.8 Å². The molecular formula is C13H16F3N5O3. The van der Waals surface area contributed by atoms with Gasteiger partial charge >= 0.3 is 6.18 Å². The van der Waals surface area contributed by atoms with Gasteiger partial charge in [0.1, 0.15) is 11.7 Å². The maximum Gasteiger partial charge on any atom is 0.433 e. The highest BCUT2D eigenvalue weighted by Crippen LogP contribution is 2.30. The molecule has 0 spiro atoms. The summed E-state index contributed by atoms with van der Waals surface area (Å²) in [4.78, 5) is 29.7. The highest BCUT2D eigenvalue weighted by atomic mass is 19.4. The minimum Gasteiger partial charge on any atom is -0.285 e. The van der Waals surface area contributed by atoms with Crippen LogP contribution in [-0.4, -0.2) is 38.6 Å². The number of aromatic nitrogens is 2. The van der Waals surface area contributed by atoms with Crippen LogP contribution in [0.25, 0.3) is 0 Å². The van der Waals surface area contributed by atoms with Crippen LogP contribution in [-0.2, 0) is 15.8 Å². The molecule has 0 radical (unpaired) electrons. The average Bonchev–Trinajstić information content (AvgIpc) is 3.06. The van der Waals surface area contributed by atoms with Gasteiger partial charge in [-0.3, -0.25) is 25.6 Å². The number of anilines is 1. The minimum absolute atomic E-state index is 0.114. The van der Waals surface area contributed by atoms with Gasteiger partial charge in [-0.1, -0.05) is 12.8 Å². The number of halogens is 3. The number of hydrogen-bond acceptors (Lipinski definition) is 6. The van der Waals surface area contributed by atoms with Crippen LogP contribution in [0.15, 0.2) is 12.3 Å². The van der Waals surface area contributed by atoms with Gasteiger partial charge in [-0.15, -0.1) is 0 Å². The standard InChI is InChI=1S/C13H16F3N5O3/c14-13(15,16)9-5-6-17-12(18-9)20-19-11(23)10(21(24)7-22)8-3-1-2-4-8/h5-8,10,24H,1-4H2,(H,19,23)(H,17,18,20). The molecule has 0 saturated heterocycles. The zero-order chi connectivity index (χ0) is 17.7. The third kappa shape index (κ3) is 4.31. The van der Waals surface area contributed by atoms with Crippen molar-refractivity contribution in [3.05, 3.63) is 18.0 Å². The maximum atomic E-state index is 12.6. The Morgan fingerprint density at radius 1 is 1.42 bits per heavy atom. The Bertz CT molecular complexity index is 592. The Morgan fingerprint density at radius 3 is 2.67 bits per heavy atom. The molecule has 0 aliphatic heterocycles. The molecule has 1 aromatic heterocycles. The van der Waals surface area contributed by atoms with Crippen LogP contribution in [0.3, 0.4) is 0 Å². The summed E-state index contributed by atoms with van der Waals surface area (Å²) in [5, 5.41) is 9.86. The first-order chi connectivity index (χ1) is 11.3. The molecule has 1 saturated carbocycles. The summed E-state index contributed by atoms with van der Waals surface area (Å²) in [6.07, 6.45) is -0.593. The Kier molecular flexibility index (Phi) is 5.54. The van der Waals surface area contributed by atoms with E-state index in [0.29, 0.717) is 18.9 Å². The van der Waals surface area contributed by atoms with Gasteiger partial charge in [-0.25, -0.2) is 15.0 Å². The van der Waals surface area contributed by atoms with Crippen LogP contribution in [0.4, 0.5) is 19.1 Å². The van der Waals surface area contributed by atoms with Crippen molar-refractivity contribution in [2.45, 2.75) is 37.9 Å². The van der Waals surface area contributed by atoms with Crippen LogP contribution in [0.5, 0.6) is 0 Å². The molecule has 1 aliphatic rings. The number of hydroxylamine groups is 2. The monoisotopic (exact) mass is 347 g/mol. The van der Waals surface area contributed by atoms with Gasteiger partial charge in [0.2, 0.25) is 12.4 Å². The van der Waals surface area contributed by atoms with Gasteiger partial charge < -0.3 is 0 Å². The zero-order valence-corrected chi connectivity index (χ0v) is 12.5. The molecule has 1 heterocycles. The second kappa shape index (κ2) is 7.43.